The fourth-order valence-corrected chi connectivity index (χ4v) is 3.36. The van der Waals surface area contributed by atoms with Crippen molar-refractivity contribution in [1.82, 2.24) is 4.98 Å². The van der Waals surface area contributed by atoms with Crippen LogP contribution in [0.15, 0.2) is 97.6 Å². The van der Waals surface area contributed by atoms with Crippen LogP contribution in [0.5, 0.6) is 11.8 Å². The SMILES string of the molecule is C=Cc1ccc(C)cc1-c1ccc(OCc2ccccc2)nc1OCc1ccccc1. The number of benzene rings is 3. The summed E-state index contributed by atoms with van der Waals surface area (Å²) in [6.07, 6.45) is 1.86. The second-order valence-electron chi connectivity index (χ2n) is 7.35. The molecular formula is C28H25NO2. The maximum absolute atomic E-state index is 6.18. The predicted molar refractivity (Wildman–Crippen MR) is 126 cm³/mol. The standard InChI is InChI=1S/C28H25NO2/c1-3-24-15-14-21(2)18-26(24)25-16-17-27(30-19-22-10-6-4-7-11-22)29-28(25)31-20-23-12-8-5-9-13-23/h3-18H,1,19-20H2,2H3. The Morgan fingerprint density at radius 1 is 0.742 bits per heavy atom. The summed E-state index contributed by atoms with van der Waals surface area (Å²) in [5, 5.41) is 0. The maximum atomic E-state index is 6.18. The van der Waals surface area contributed by atoms with Crippen LogP contribution in [-0.2, 0) is 13.2 Å². The lowest BCUT2D eigenvalue weighted by molar-refractivity contribution is 0.268. The largest absolute Gasteiger partial charge is 0.473 e. The lowest BCUT2D eigenvalue weighted by atomic mass is 9.98. The van der Waals surface area contributed by atoms with Crippen molar-refractivity contribution in [2.45, 2.75) is 20.1 Å². The molecule has 0 spiro atoms. The third-order valence-corrected chi connectivity index (χ3v) is 5.00. The van der Waals surface area contributed by atoms with Crippen molar-refractivity contribution in [1.29, 1.82) is 0 Å². The van der Waals surface area contributed by atoms with Gasteiger partial charge in [-0.25, -0.2) is 0 Å². The molecule has 4 rings (SSSR count). The predicted octanol–water partition coefficient (Wildman–Crippen LogP) is 6.86. The first-order valence-electron chi connectivity index (χ1n) is 10.3. The van der Waals surface area contributed by atoms with Gasteiger partial charge in [0.1, 0.15) is 13.2 Å². The average molecular weight is 408 g/mol. The van der Waals surface area contributed by atoms with E-state index in [-0.39, 0.29) is 0 Å². The Labute approximate surface area is 183 Å². The Balaban J connectivity index is 1.66. The Hall–Kier alpha value is -3.85. The van der Waals surface area contributed by atoms with E-state index >= 15 is 0 Å². The second kappa shape index (κ2) is 9.77. The van der Waals surface area contributed by atoms with Gasteiger partial charge in [0, 0.05) is 11.6 Å². The molecular weight excluding hydrogens is 382 g/mol. The van der Waals surface area contributed by atoms with E-state index in [4.69, 9.17) is 14.5 Å². The highest BCUT2D eigenvalue weighted by Gasteiger charge is 2.14. The lowest BCUT2D eigenvalue weighted by Gasteiger charge is -2.15. The van der Waals surface area contributed by atoms with E-state index in [0.717, 1.165) is 27.8 Å². The van der Waals surface area contributed by atoms with Crippen molar-refractivity contribution >= 4 is 6.08 Å². The van der Waals surface area contributed by atoms with E-state index in [1.165, 1.54) is 5.56 Å². The Bertz CT molecular complexity index is 1150. The summed E-state index contributed by atoms with van der Waals surface area (Å²) in [6.45, 7) is 6.92. The zero-order valence-corrected chi connectivity index (χ0v) is 17.6. The van der Waals surface area contributed by atoms with E-state index in [1.54, 1.807) is 0 Å². The lowest BCUT2D eigenvalue weighted by Crippen LogP contribution is -2.03. The molecule has 0 radical (unpaired) electrons. The van der Waals surface area contributed by atoms with Crippen LogP contribution in [0.1, 0.15) is 22.3 Å². The van der Waals surface area contributed by atoms with Gasteiger partial charge < -0.3 is 9.47 Å². The first-order chi connectivity index (χ1) is 15.2. The van der Waals surface area contributed by atoms with Crippen LogP contribution < -0.4 is 9.47 Å². The van der Waals surface area contributed by atoms with Gasteiger partial charge in [-0.3, -0.25) is 0 Å². The molecule has 0 aliphatic carbocycles. The van der Waals surface area contributed by atoms with Crippen molar-refractivity contribution < 1.29 is 9.47 Å². The highest BCUT2D eigenvalue weighted by atomic mass is 16.5. The number of pyridine rings is 1. The van der Waals surface area contributed by atoms with Gasteiger partial charge in [0.25, 0.3) is 0 Å². The number of nitrogens with zero attached hydrogens (tertiary/aromatic N) is 1. The first kappa shape index (κ1) is 20.4. The summed E-state index contributed by atoms with van der Waals surface area (Å²) >= 11 is 0. The topological polar surface area (TPSA) is 31.4 Å². The number of rotatable bonds is 8. The molecule has 3 heteroatoms. The van der Waals surface area contributed by atoms with Gasteiger partial charge in [0.05, 0.1) is 0 Å². The van der Waals surface area contributed by atoms with E-state index in [0.29, 0.717) is 25.0 Å². The Morgan fingerprint density at radius 3 is 2.03 bits per heavy atom. The van der Waals surface area contributed by atoms with Gasteiger partial charge in [-0.1, -0.05) is 97.1 Å². The molecule has 0 amide bonds. The van der Waals surface area contributed by atoms with Crippen LogP contribution >= 0.6 is 0 Å². The molecule has 0 saturated heterocycles. The molecule has 0 saturated carbocycles. The van der Waals surface area contributed by atoms with Crippen LogP contribution in [0.3, 0.4) is 0 Å². The molecule has 0 bridgehead atoms. The monoisotopic (exact) mass is 407 g/mol. The average Bonchev–Trinajstić information content (AvgIpc) is 2.83. The van der Waals surface area contributed by atoms with Crippen molar-refractivity contribution in [2.75, 3.05) is 0 Å². The molecule has 3 aromatic carbocycles. The second-order valence-corrected chi connectivity index (χ2v) is 7.35. The highest BCUT2D eigenvalue weighted by Crippen LogP contribution is 2.34. The summed E-state index contributed by atoms with van der Waals surface area (Å²) in [6, 6.07) is 30.3. The normalized spacial score (nSPS) is 10.5. The van der Waals surface area contributed by atoms with E-state index in [2.05, 4.69) is 31.7 Å². The number of hydrogen-bond acceptors (Lipinski definition) is 3. The van der Waals surface area contributed by atoms with Crippen LogP contribution in [-0.4, -0.2) is 4.98 Å². The van der Waals surface area contributed by atoms with Crippen LogP contribution in [0.4, 0.5) is 0 Å². The van der Waals surface area contributed by atoms with Crippen LogP contribution in [0.2, 0.25) is 0 Å². The minimum atomic E-state index is 0.429. The number of ether oxygens (including phenoxy) is 2. The van der Waals surface area contributed by atoms with Crippen LogP contribution in [0, 0.1) is 6.92 Å². The molecule has 3 nitrogen and oxygen atoms in total. The van der Waals surface area contributed by atoms with E-state index < -0.39 is 0 Å². The zero-order valence-electron chi connectivity index (χ0n) is 17.6. The Morgan fingerprint density at radius 2 is 1.39 bits per heavy atom. The maximum Gasteiger partial charge on any atom is 0.225 e. The third kappa shape index (κ3) is 5.20. The molecule has 0 atom stereocenters. The minimum absolute atomic E-state index is 0.429. The molecule has 31 heavy (non-hydrogen) atoms. The van der Waals surface area contributed by atoms with Gasteiger partial charge in [0.15, 0.2) is 0 Å². The minimum Gasteiger partial charge on any atom is -0.473 e. The van der Waals surface area contributed by atoms with Gasteiger partial charge >= 0.3 is 0 Å². The molecule has 0 fully saturated rings. The summed E-state index contributed by atoms with van der Waals surface area (Å²) < 4.78 is 12.1. The molecule has 0 unspecified atom stereocenters. The van der Waals surface area contributed by atoms with E-state index in [1.807, 2.05) is 78.9 Å². The smallest absolute Gasteiger partial charge is 0.225 e. The number of aromatic nitrogens is 1. The van der Waals surface area contributed by atoms with Gasteiger partial charge in [-0.2, -0.15) is 4.98 Å². The van der Waals surface area contributed by atoms with Gasteiger partial charge in [0.2, 0.25) is 11.8 Å². The number of aryl methyl sites for hydroxylation is 1. The number of hydrogen-bond donors (Lipinski definition) is 0. The van der Waals surface area contributed by atoms with Crippen molar-refractivity contribution in [3.63, 3.8) is 0 Å². The van der Waals surface area contributed by atoms with Crippen molar-refractivity contribution in [2.24, 2.45) is 0 Å². The van der Waals surface area contributed by atoms with Crippen molar-refractivity contribution in [3.05, 3.63) is 120 Å². The molecule has 0 aliphatic heterocycles. The first-order valence-corrected chi connectivity index (χ1v) is 10.3. The zero-order chi connectivity index (χ0) is 21.5. The summed E-state index contributed by atoms with van der Waals surface area (Å²) in [5.41, 5.74) is 6.34. The third-order valence-electron chi connectivity index (χ3n) is 5.00. The van der Waals surface area contributed by atoms with E-state index in [9.17, 15) is 0 Å². The highest BCUT2D eigenvalue weighted by molar-refractivity contribution is 5.78. The molecule has 154 valence electrons. The molecule has 0 aliphatic rings. The van der Waals surface area contributed by atoms with Gasteiger partial charge in [-0.05, 0) is 35.2 Å². The molecule has 4 aromatic rings. The van der Waals surface area contributed by atoms with Crippen molar-refractivity contribution in [3.8, 4) is 22.9 Å². The molecule has 1 heterocycles. The summed E-state index contributed by atoms with van der Waals surface area (Å²) in [7, 11) is 0. The summed E-state index contributed by atoms with van der Waals surface area (Å²) in [5.74, 6) is 1.08. The molecule has 1 aromatic heterocycles. The summed E-state index contributed by atoms with van der Waals surface area (Å²) in [4.78, 5) is 4.71. The quantitative estimate of drug-likeness (QED) is 0.320. The fraction of sp³-hybridized carbons (Fsp3) is 0.107. The Kier molecular flexibility index (Phi) is 6.44. The van der Waals surface area contributed by atoms with Crippen LogP contribution in [0.25, 0.3) is 17.2 Å². The molecule has 0 N–H and O–H groups in total. The van der Waals surface area contributed by atoms with Gasteiger partial charge in [-0.15, -0.1) is 0 Å². The fourth-order valence-electron chi connectivity index (χ4n) is 3.36.